The van der Waals surface area contributed by atoms with E-state index in [-0.39, 0.29) is 17.8 Å². The molecule has 0 radical (unpaired) electrons. The molecule has 7 heteroatoms. The zero-order valence-corrected chi connectivity index (χ0v) is 18.7. The van der Waals surface area contributed by atoms with Gasteiger partial charge in [-0.2, -0.15) is 5.10 Å². The smallest absolute Gasteiger partial charge is 0.223 e. The van der Waals surface area contributed by atoms with Crippen molar-refractivity contribution in [2.75, 3.05) is 31.6 Å². The molecule has 5 rings (SSSR count). The number of anilines is 1. The molecule has 2 aliphatic heterocycles. The lowest BCUT2D eigenvalue weighted by Crippen LogP contribution is -2.44. The number of halogens is 1. The normalized spacial score (nSPS) is 20.1. The average Bonchev–Trinajstić information content (AvgIpc) is 3.45. The molecule has 2 aromatic carbocycles. The third-order valence-electron chi connectivity index (χ3n) is 6.72. The van der Waals surface area contributed by atoms with Crippen molar-refractivity contribution >= 4 is 17.8 Å². The first-order chi connectivity index (χ1) is 16.1. The number of hydrogen-bond donors (Lipinski definition) is 1. The van der Waals surface area contributed by atoms with Crippen molar-refractivity contribution in [1.82, 2.24) is 15.1 Å². The Morgan fingerprint density at radius 1 is 1.21 bits per heavy atom. The van der Waals surface area contributed by atoms with Gasteiger partial charge >= 0.3 is 0 Å². The zero-order chi connectivity index (χ0) is 22.8. The Balaban J connectivity index is 1.29. The van der Waals surface area contributed by atoms with Gasteiger partial charge in [-0.05, 0) is 54.2 Å². The van der Waals surface area contributed by atoms with E-state index in [1.807, 2.05) is 24.7 Å². The van der Waals surface area contributed by atoms with E-state index >= 15 is 0 Å². The molecule has 0 aliphatic carbocycles. The molecule has 2 fully saturated rings. The summed E-state index contributed by atoms with van der Waals surface area (Å²) in [5.74, 6) is 0.374. The first kappa shape index (κ1) is 21.4. The van der Waals surface area contributed by atoms with Crippen molar-refractivity contribution in [3.63, 3.8) is 0 Å². The van der Waals surface area contributed by atoms with E-state index < -0.39 is 0 Å². The number of hydrogen-bond acceptors (Lipinski definition) is 4. The lowest BCUT2D eigenvalue weighted by Gasteiger charge is -2.35. The number of likely N-dealkylation sites (tertiary alicyclic amines) is 1. The number of amides is 1. The number of aliphatic imine (C=N–C) groups is 1. The summed E-state index contributed by atoms with van der Waals surface area (Å²) in [5, 5.41) is 6.92. The topological polar surface area (TPSA) is 64.6 Å². The van der Waals surface area contributed by atoms with Crippen LogP contribution in [0.1, 0.15) is 24.0 Å². The van der Waals surface area contributed by atoms with Crippen LogP contribution in [0.15, 0.2) is 59.9 Å². The van der Waals surface area contributed by atoms with Crippen molar-refractivity contribution in [2.24, 2.45) is 10.9 Å². The van der Waals surface area contributed by atoms with Gasteiger partial charge in [0.05, 0.1) is 6.20 Å². The predicted molar refractivity (Wildman–Crippen MR) is 128 cm³/mol. The van der Waals surface area contributed by atoms with E-state index in [0.29, 0.717) is 18.8 Å². The van der Waals surface area contributed by atoms with Gasteiger partial charge in [0.2, 0.25) is 5.91 Å². The molecule has 2 saturated heterocycles. The van der Waals surface area contributed by atoms with Crippen LogP contribution in [0.25, 0.3) is 11.1 Å². The number of aromatic amines is 1. The Hall–Kier alpha value is -3.48. The number of aryl methyl sites for hydroxylation is 1. The molecular formula is C26H28FN5O. The number of fused-ring (bicyclic) bond motifs is 2. The van der Waals surface area contributed by atoms with E-state index in [1.165, 1.54) is 12.1 Å². The first-order valence-corrected chi connectivity index (χ1v) is 11.4. The molecule has 0 spiro atoms. The molecule has 1 amide bonds. The third kappa shape index (κ3) is 4.53. The highest BCUT2D eigenvalue weighted by molar-refractivity contribution is 5.90. The van der Waals surface area contributed by atoms with Gasteiger partial charge in [-0.1, -0.05) is 18.2 Å². The van der Waals surface area contributed by atoms with Crippen LogP contribution in [0.4, 0.5) is 10.1 Å². The van der Waals surface area contributed by atoms with Crippen LogP contribution in [-0.4, -0.2) is 59.9 Å². The van der Waals surface area contributed by atoms with Crippen molar-refractivity contribution in [1.29, 1.82) is 0 Å². The fourth-order valence-electron chi connectivity index (χ4n) is 5.22. The second-order valence-corrected chi connectivity index (χ2v) is 8.98. The molecule has 1 N–H and O–H groups in total. The molecule has 3 aromatic rings. The molecule has 2 atom stereocenters. The van der Waals surface area contributed by atoms with E-state index in [4.69, 9.17) is 0 Å². The molecule has 33 heavy (non-hydrogen) atoms. The molecule has 0 unspecified atom stereocenters. The maximum atomic E-state index is 13.5. The van der Waals surface area contributed by atoms with Crippen molar-refractivity contribution in [2.45, 2.75) is 25.3 Å². The number of aromatic nitrogens is 2. The Labute approximate surface area is 193 Å². The summed E-state index contributed by atoms with van der Waals surface area (Å²) in [6, 6.07) is 13.2. The molecule has 0 saturated carbocycles. The third-order valence-corrected chi connectivity index (χ3v) is 6.72. The van der Waals surface area contributed by atoms with Crippen LogP contribution in [0.3, 0.4) is 0 Å². The molecule has 3 heterocycles. The standard InChI is InChI=1S/C26H28FN5O/c1-28-12-21-11-20(22-13-29-30-14-22)6-7-25(21)31-15-19-10-24(17-31)32(16-19)26(33)8-5-18-3-2-4-23(27)9-18/h2-4,6-7,9,11-14,19,24H,5,8,10,15-17H2,1H3,(H,29,30)/b28-12-/t19-,24-/m0/s1. The lowest BCUT2D eigenvalue weighted by atomic mass is 9.97. The number of benzene rings is 2. The molecule has 170 valence electrons. The van der Waals surface area contributed by atoms with Gasteiger partial charge in [0.25, 0.3) is 0 Å². The number of H-pyrrole nitrogens is 1. The second-order valence-electron chi connectivity index (χ2n) is 8.98. The van der Waals surface area contributed by atoms with Crippen molar-refractivity contribution in [3.05, 3.63) is 71.8 Å². The Morgan fingerprint density at radius 3 is 2.91 bits per heavy atom. The van der Waals surface area contributed by atoms with E-state index in [9.17, 15) is 9.18 Å². The second kappa shape index (κ2) is 9.17. The van der Waals surface area contributed by atoms with Gasteiger partial charge < -0.3 is 9.80 Å². The predicted octanol–water partition coefficient (Wildman–Crippen LogP) is 3.93. The number of rotatable bonds is 6. The van der Waals surface area contributed by atoms with Crippen LogP contribution in [0, 0.1) is 11.7 Å². The van der Waals surface area contributed by atoms with Gasteiger partial charge in [0.1, 0.15) is 5.82 Å². The number of carbonyl (C=O) groups is 1. The number of nitrogens with zero attached hydrogens (tertiary/aromatic N) is 4. The summed E-state index contributed by atoms with van der Waals surface area (Å²) >= 11 is 0. The minimum Gasteiger partial charge on any atom is -0.369 e. The van der Waals surface area contributed by atoms with Crippen molar-refractivity contribution < 1.29 is 9.18 Å². The van der Waals surface area contributed by atoms with E-state index in [1.54, 1.807) is 13.1 Å². The van der Waals surface area contributed by atoms with Crippen molar-refractivity contribution in [3.8, 4) is 11.1 Å². The minimum absolute atomic E-state index is 0.166. The SMILES string of the molecule is C/N=C\c1cc(-c2cn[nH]c2)ccc1N1C[C@@H]2C[C@@H](C1)N(C(=O)CCc1cccc(F)c1)C2. The maximum Gasteiger partial charge on any atom is 0.223 e. The number of piperidine rings is 1. The van der Waals surface area contributed by atoms with Gasteiger partial charge in [0.15, 0.2) is 0 Å². The van der Waals surface area contributed by atoms with Crippen LogP contribution < -0.4 is 4.90 Å². The highest BCUT2D eigenvalue weighted by Crippen LogP contribution is 2.35. The van der Waals surface area contributed by atoms with Gasteiger partial charge in [-0.25, -0.2) is 4.39 Å². The summed E-state index contributed by atoms with van der Waals surface area (Å²) in [4.78, 5) is 21.7. The van der Waals surface area contributed by atoms with Crippen LogP contribution in [-0.2, 0) is 11.2 Å². The van der Waals surface area contributed by atoms with Gasteiger partial charge in [-0.15, -0.1) is 0 Å². The average molecular weight is 446 g/mol. The molecule has 1 aromatic heterocycles. The minimum atomic E-state index is -0.252. The maximum absolute atomic E-state index is 13.5. The van der Waals surface area contributed by atoms with E-state index in [0.717, 1.165) is 54.0 Å². The van der Waals surface area contributed by atoms with Crippen LogP contribution in [0.2, 0.25) is 0 Å². The highest BCUT2D eigenvalue weighted by atomic mass is 19.1. The fraction of sp³-hybridized carbons (Fsp3) is 0.346. The molecule has 2 bridgehead atoms. The Morgan fingerprint density at radius 2 is 2.12 bits per heavy atom. The van der Waals surface area contributed by atoms with Gasteiger partial charge in [-0.3, -0.25) is 14.9 Å². The summed E-state index contributed by atoms with van der Waals surface area (Å²) in [6.45, 7) is 2.55. The summed E-state index contributed by atoms with van der Waals surface area (Å²) in [6.07, 6.45) is 7.64. The molecular weight excluding hydrogens is 417 g/mol. The molecule has 6 nitrogen and oxygen atoms in total. The first-order valence-electron chi connectivity index (χ1n) is 11.4. The summed E-state index contributed by atoms with van der Waals surface area (Å²) < 4.78 is 13.5. The Bertz CT molecular complexity index is 1160. The number of carbonyl (C=O) groups excluding carboxylic acids is 1. The number of nitrogens with one attached hydrogen (secondary N) is 1. The molecule has 2 aliphatic rings. The zero-order valence-electron chi connectivity index (χ0n) is 18.7. The van der Waals surface area contributed by atoms with Crippen LogP contribution >= 0.6 is 0 Å². The lowest BCUT2D eigenvalue weighted by molar-refractivity contribution is -0.131. The Kier molecular flexibility index (Phi) is 5.94. The highest BCUT2D eigenvalue weighted by Gasteiger charge is 2.40. The monoisotopic (exact) mass is 445 g/mol. The van der Waals surface area contributed by atoms with Gasteiger partial charge in [0, 0.05) is 68.4 Å². The fourth-order valence-corrected chi connectivity index (χ4v) is 5.22. The van der Waals surface area contributed by atoms with Crippen LogP contribution in [0.5, 0.6) is 0 Å². The summed E-state index contributed by atoms with van der Waals surface area (Å²) in [7, 11) is 1.78. The van der Waals surface area contributed by atoms with E-state index in [2.05, 4.69) is 43.2 Å². The quantitative estimate of drug-likeness (QED) is 0.585. The summed E-state index contributed by atoms with van der Waals surface area (Å²) in [5.41, 5.74) is 5.23. The largest absolute Gasteiger partial charge is 0.369 e.